The third-order valence-electron chi connectivity index (χ3n) is 4.67. The van der Waals surface area contributed by atoms with E-state index >= 15 is 0 Å². The van der Waals surface area contributed by atoms with Gasteiger partial charge in [-0.3, -0.25) is 9.59 Å². The van der Waals surface area contributed by atoms with E-state index in [1.54, 1.807) is 0 Å². The molecule has 1 atom stereocenters. The van der Waals surface area contributed by atoms with E-state index in [-0.39, 0.29) is 17.6 Å². The Labute approximate surface area is 153 Å². The van der Waals surface area contributed by atoms with Crippen molar-refractivity contribution in [2.24, 2.45) is 11.7 Å². The summed E-state index contributed by atoms with van der Waals surface area (Å²) >= 11 is 0. The standard InChI is InChI=1S/C21H24N2O3/c22-20(24)12-14-23-13-4-5-17(15-23)21(25)16-8-10-19(11-9-16)26-18-6-2-1-3-7-18/h1-3,6-11,17H,4-5,12-15H2,(H2,22,24)/t17-/m1/s1. The van der Waals surface area contributed by atoms with Crippen molar-refractivity contribution in [3.05, 3.63) is 60.2 Å². The van der Waals surface area contributed by atoms with Crippen LogP contribution in [0.3, 0.4) is 0 Å². The first-order valence-electron chi connectivity index (χ1n) is 8.99. The molecule has 2 aromatic rings. The molecule has 1 aliphatic heterocycles. The summed E-state index contributed by atoms with van der Waals surface area (Å²) in [5.41, 5.74) is 5.92. The van der Waals surface area contributed by atoms with Crippen molar-refractivity contribution in [1.29, 1.82) is 0 Å². The SMILES string of the molecule is NC(=O)CCN1CCC[C@@H](C(=O)c2ccc(Oc3ccccc3)cc2)C1. The largest absolute Gasteiger partial charge is 0.457 e. The van der Waals surface area contributed by atoms with Crippen molar-refractivity contribution in [3.8, 4) is 11.5 Å². The summed E-state index contributed by atoms with van der Waals surface area (Å²) in [4.78, 5) is 25.9. The summed E-state index contributed by atoms with van der Waals surface area (Å²) in [6, 6.07) is 16.9. The second-order valence-electron chi connectivity index (χ2n) is 6.66. The molecule has 5 nitrogen and oxygen atoms in total. The van der Waals surface area contributed by atoms with Crippen molar-refractivity contribution in [2.45, 2.75) is 19.3 Å². The maximum Gasteiger partial charge on any atom is 0.218 e. The van der Waals surface area contributed by atoms with Gasteiger partial charge in [0.15, 0.2) is 5.78 Å². The average Bonchev–Trinajstić information content (AvgIpc) is 2.67. The molecular weight excluding hydrogens is 328 g/mol. The van der Waals surface area contributed by atoms with E-state index in [1.165, 1.54) is 0 Å². The van der Waals surface area contributed by atoms with Crippen LogP contribution in [0.5, 0.6) is 11.5 Å². The molecule has 1 aliphatic rings. The van der Waals surface area contributed by atoms with E-state index in [1.807, 2.05) is 54.6 Å². The van der Waals surface area contributed by atoms with E-state index in [4.69, 9.17) is 10.5 Å². The number of hydrogen-bond donors (Lipinski definition) is 1. The van der Waals surface area contributed by atoms with Crippen molar-refractivity contribution in [2.75, 3.05) is 19.6 Å². The second-order valence-corrected chi connectivity index (χ2v) is 6.66. The first-order chi connectivity index (χ1) is 12.6. The molecule has 3 rings (SSSR count). The van der Waals surface area contributed by atoms with Crippen molar-refractivity contribution in [3.63, 3.8) is 0 Å². The number of piperidine rings is 1. The Morgan fingerprint density at radius 3 is 2.42 bits per heavy atom. The second kappa shape index (κ2) is 8.63. The molecular formula is C21H24N2O3. The molecule has 0 bridgehead atoms. The van der Waals surface area contributed by atoms with Crippen LogP contribution in [-0.2, 0) is 4.79 Å². The van der Waals surface area contributed by atoms with Gasteiger partial charge < -0.3 is 15.4 Å². The zero-order valence-electron chi connectivity index (χ0n) is 14.8. The molecule has 1 fully saturated rings. The van der Waals surface area contributed by atoms with Gasteiger partial charge in [-0.05, 0) is 55.8 Å². The summed E-state index contributed by atoms with van der Waals surface area (Å²) in [6.45, 7) is 2.23. The summed E-state index contributed by atoms with van der Waals surface area (Å²) < 4.78 is 5.77. The van der Waals surface area contributed by atoms with Crippen LogP contribution in [0.1, 0.15) is 29.6 Å². The lowest BCUT2D eigenvalue weighted by molar-refractivity contribution is -0.118. The molecule has 2 N–H and O–H groups in total. The number of primary amides is 1. The van der Waals surface area contributed by atoms with E-state index in [0.717, 1.165) is 25.1 Å². The number of rotatable bonds is 7. The Bertz CT molecular complexity index is 744. The van der Waals surface area contributed by atoms with Crippen molar-refractivity contribution in [1.82, 2.24) is 4.90 Å². The van der Waals surface area contributed by atoms with Crippen LogP contribution in [0.25, 0.3) is 0 Å². The number of Topliss-reactive ketones (excluding diaryl/α,β-unsaturated/α-hetero) is 1. The van der Waals surface area contributed by atoms with Crippen LogP contribution in [0.15, 0.2) is 54.6 Å². The smallest absolute Gasteiger partial charge is 0.218 e. The Morgan fingerprint density at radius 2 is 1.73 bits per heavy atom. The highest BCUT2D eigenvalue weighted by Gasteiger charge is 2.26. The number of para-hydroxylation sites is 1. The summed E-state index contributed by atoms with van der Waals surface area (Å²) in [5.74, 6) is 1.30. The number of likely N-dealkylation sites (tertiary alicyclic amines) is 1. The summed E-state index contributed by atoms with van der Waals surface area (Å²) in [6.07, 6.45) is 2.19. The molecule has 0 radical (unpaired) electrons. The Morgan fingerprint density at radius 1 is 1.04 bits per heavy atom. The fourth-order valence-electron chi connectivity index (χ4n) is 3.29. The maximum absolute atomic E-state index is 12.8. The van der Waals surface area contributed by atoms with Gasteiger partial charge in [0.2, 0.25) is 5.91 Å². The minimum absolute atomic E-state index is 0.0301. The number of amides is 1. The van der Waals surface area contributed by atoms with Crippen molar-refractivity contribution >= 4 is 11.7 Å². The molecule has 1 heterocycles. The fourth-order valence-corrected chi connectivity index (χ4v) is 3.29. The van der Waals surface area contributed by atoms with E-state index < -0.39 is 0 Å². The molecule has 5 heteroatoms. The Balaban J connectivity index is 1.59. The molecule has 1 saturated heterocycles. The van der Waals surface area contributed by atoms with E-state index in [0.29, 0.717) is 30.8 Å². The highest BCUT2D eigenvalue weighted by molar-refractivity contribution is 5.98. The van der Waals surface area contributed by atoms with Gasteiger partial charge in [0, 0.05) is 31.0 Å². The average molecular weight is 352 g/mol. The first kappa shape index (κ1) is 18.1. The number of nitrogens with two attached hydrogens (primary N) is 1. The van der Waals surface area contributed by atoms with Crippen LogP contribution in [-0.4, -0.2) is 36.2 Å². The lowest BCUT2D eigenvalue weighted by Crippen LogP contribution is -2.40. The van der Waals surface area contributed by atoms with Gasteiger partial charge in [-0.2, -0.15) is 0 Å². The Hall–Kier alpha value is -2.66. The highest BCUT2D eigenvalue weighted by atomic mass is 16.5. The van der Waals surface area contributed by atoms with Crippen molar-refractivity contribution < 1.29 is 14.3 Å². The van der Waals surface area contributed by atoms with Crippen LogP contribution in [0.2, 0.25) is 0 Å². The quantitative estimate of drug-likeness (QED) is 0.777. The number of hydrogen-bond acceptors (Lipinski definition) is 4. The number of nitrogens with zero attached hydrogens (tertiary/aromatic N) is 1. The molecule has 2 aromatic carbocycles. The molecule has 0 unspecified atom stereocenters. The molecule has 0 saturated carbocycles. The minimum Gasteiger partial charge on any atom is -0.457 e. The zero-order chi connectivity index (χ0) is 18.4. The molecule has 0 aromatic heterocycles. The number of benzene rings is 2. The van der Waals surface area contributed by atoms with Crippen LogP contribution in [0, 0.1) is 5.92 Å². The molecule has 136 valence electrons. The molecule has 0 spiro atoms. The van der Waals surface area contributed by atoms with Gasteiger partial charge in [-0.15, -0.1) is 0 Å². The fraction of sp³-hybridized carbons (Fsp3) is 0.333. The normalized spacial score (nSPS) is 17.6. The number of ether oxygens (including phenoxy) is 1. The lowest BCUT2D eigenvalue weighted by atomic mass is 9.90. The highest BCUT2D eigenvalue weighted by Crippen LogP contribution is 2.24. The Kier molecular flexibility index (Phi) is 6.02. The number of carbonyl (C=O) groups is 2. The maximum atomic E-state index is 12.8. The minimum atomic E-state index is -0.299. The summed E-state index contributed by atoms with van der Waals surface area (Å²) in [5, 5.41) is 0. The summed E-state index contributed by atoms with van der Waals surface area (Å²) in [7, 11) is 0. The van der Waals surface area contributed by atoms with E-state index in [2.05, 4.69) is 4.90 Å². The van der Waals surface area contributed by atoms with E-state index in [9.17, 15) is 9.59 Å². The zero-order valence-corrected chi connectivity index (χ0v) is 14.8. The van der Waals surface area contributed by atoms with Gasteiger partial charge in [0.05, 0.1) is 0 Å². The van der Waals surface area contributed by atoms with Gasteiger partial charge in [-0.1, -0.05) is 18.2 Å². The third kappa shape index (κ3) is 4.92. The number of carbonyl (C=O) groups excluding carboxylic acids is 2. The third-order valence-corrected chi connectivity index (χ3v) is 4.67. The van der Waals surface area contributed by atoms with Gasteiger partial charge in [0.1, 0.15) is 11.5 Å². The first-order valence-corrected chi connectivity index (χ1v) is 8.99. The van der Waals surface area contributed by atoms with Crippen LogP contribution >= 0.6 is 0 Å². The predicted octanol–water partition coefficient (Wildman–Crippen LogP) is 3.25. The van der Waals surface area contributed by atoms with Crippen LogP contribution in [0.4, 0.5) is 0 Å². The van der Waals surface area contributed by atoms with Gasteiger partial charge in [0.25, 0.3) is 0 Å². The van der Waals surface area contributed by atoms with Crippen LogP contribution < -0.4 is 10.5 Å². The molecule has 0 aliphatic carbocycles. The number of ketones is 1. The van der Waals surface area contributed by atoms with Gasteiger partial charge >= 0.3 is 0 Å². The molecule has 26 heavy (non-hydrogen) atoms. The lowest BCUT2D eigenvalue weighted by Gasteiger charge is -2.31. The van der Waals surface area contributed by atoms with Gasteiger partial charge in [-0.25, -0.2) is 0 Å². The molecule has 1 amide bonds. The monoisotopic (exact) mass is 352 g/mol. The predicted molar refractivity (Wildman–Crippen MR) is 100 cm³/mol. The topological polar surface area (TPSA) is 72.6 Å².